The number of benzene rings is 2. The Morgan fingerprint density at radius 3 is 2.83 bits per heavy atom. The average molecular weight is 293 g/mol. The number of hydrogen-bond acceptors (Lipinski definition) is 4. The third kappa shape index (κ3) is 2.32. The fourth-order valence-corrected chi connectivity index (χ4v) is 3.62. The maximum Gasteiger partial charge on any atom is 0.181 e. The number of anilines is 1. The van der Waals surface area contributed by atoms with Crippen LogP contribution in [0, 0.1) is 0 Å². The Balaban J connectivity index is 1.97. The van der Waals surface area contributed by atoms with E-state index in [0.29, 0.717) is 5.13 Å². The topological polar surface area (TPSA) is 38.9 Å². The van der Waals surface area contributed by atoms with Gasteiger partial charge in [-0.25, -0.2) is 4.98 Å². The van der Waals surface area contributed by atoms with Crippen molar-refractivity contribution >= 4 is 50.0 Å². The first-order valence-corrected chi connectivity index (χ1v) is 7.32. The lowest BCUT2D eigenvalue weighted by Crippen LogP contribution is -1.79. The molecule has 0 unspecified atom stereocenters. The number of thiazole rings is 1. The number of nitrogen functional groups attached to an aromatic ring is 1. The number of nitrogens with two attached hydrogens (primary N) is 1. The molecule has 0 saturated carbocycles. The normalized spacial score (nSPS) is 10.9. The van der Waals surface area contributed by atoms with Gasteiger partial charge in [-0.05, 0) is 30.3 Å². The highest BCUT2D eigenvalue weighted by molar-refractivity contribution is 7.99. The number of hydrogen-bond donors (Lipinski definition) is 1. The molecule has 0 fully saturated rings. The molecule has 0 aliphatic carbocycles. The second-order valence-electron chi connectivity index (χ2n) is 3.71. The zero-order valence-electron chi connectivity index (χ0n) is 9.26. The van der Waals surface area contributed by atoms with Crippen LogP contribution in [-0.4, -0.2) is 4.98 Å². The minimum atomic E-state index is 0.602. The molecule has 0 atom stereocenters. The lowest BCUT2D eigenvalue weighted by atomic mass is 10.3. The predicted molar refractivity (Wildman–Crippen MR) is 79.6 cm³/mol. The summed E-state index contributed by atoms with van der Waals surface area (Å²) in [6, 6.07) is 13.9. The average Bonchev–Trinajstić information content (AvgIpc) is 2.71. The van der Waals surface area contributed by atoms with Crippen molar-refractivity contribution in [2.24, 2.45) is 0 Å². The SMILES string of the molecule is Nc1nc2ccc(Sc3ccccc3Cl)cc2s1. The Labute approximate surface area is 118 Å². The largest absolute Gasteiger partial charge is 0.375 e. The standard InChI is InChI=1S/C13H9ClN2S2/c14-9-3-1-2-4-11(9)17-8-5-6-10-12(7-8)18-13(15)16-10/h1-7H,(H2,15,16). The van der Waals surface area contributed by atoms with Gasteiger partial charge in [0.15, 0.2) is 5.13 Å². The van der Waals surface area contributed by atoms with Crippen molar-refractivity contribution in [1.82, 2.24) is 4.98 Å². The van der Waals surface area contributed by atoms with Gasteiger partial charge in [0.05, 0.1) is 15.2 Å². The second kappa shape index (κ2) is 4.80. The van der Waals surface area contributed by atoms with E-state index in [-0.39, 0.29) is 0 Å². The Bertz CT molecular complexity index is 709. The molecule has 1 heterocycles. The highest BCUT2D eigenvalue weighted by Crippen LogP contribution is 2.35. The molecule has 18 heavy (non-hydrogen) atoms. The molecular formula is C13H9ClN2S2. The molecule has 0 aliphatic rings. The van der Waals surface area contributed by atoms with E-state index in [2.05, 4.69) is 11.1 Å². The molecule has 2 N–H and O–H groups in total. The summed E-state index contributed by atoms with van der Waals surface area (Å²) in [5.41, 5.74) is 6.64. The summed E-state index contributed by atoms with van der Waals surface area (Å²) < 4.78 is 1.10. The monoisotopic (exact) mass is 292 g/mol. The minimum absolute atomic E-state index is 0.602. The Kier molecular flexibility index (Phi) is 3.16. The van der Waals surface area contributed by atoms with Crippen LogP contribution in [0.1, 0.15) is 0 Å². The molecule has 0 aliphatic heterocycles. The van der Waals surface area contributed by atoms with Crippen molar-refractivity contribution in [2.45, 2.75) is 9.79 Å². The van der Waals surface area contributed by atoms with Gasteiger partial charge in [0.2, 0.25) is 0 Å². The Morgan fingerprint density at radius 1 is 1.17 bits per heavy atom. The van der Waals surface area contributed by atoms with E-state index in [1.54, 1.807) is 11.8 Å². The quantitative estimate of drug-likeness (QED) is 0.745. The van der Waals surface area contributed by atoms with Crippen molar-refractivity contribution in [3.8, 4) is 0 Å². The molecule has 2 aromatic carbocycles. The summed E-state index contributed by atoms with van der Waals surface area (Å²) in [7, 11) is 0. The van der Waals surface area contributed by atoms with Gasteiger partial charge in [0, 0.05) is 9.79 Å². The van der Waals surface area contributed by atoms with Gasteiger partial charge in [-0.2, -0.15) is 0 Å². The first kappa shape index (κ1) is 11.8. The van der Waals surface area contributed by atoms with E-state index < -0.39 is 0 Å². The predicted octanol–water partition coefficient (Wildman–Crippen LogP) is 4.68. The molecular weight excluding hydrogens is 284 g/mol. The van der Waals surface area contributed by atoms with Gasteiger partial charge in [-0.3, -0.25) is 0 Å². The number of halogens is 1. The van der Waals surface area contributed by atoms with Gasteiger partial charge >= 0.3 is 0 Å². The van der Waals surface area contributed by atoms with Crippen molar-refractivity contribution in [3.63, 3.8) is 0 Å². The molecule has 0 amide bonds. The zero-order chi connectivity index (χ0) is 12.5. The number of fused-ring (bicyclic) bond motifs is 1. The summed E-state index contributed by atoms with van der Waals surface area (Å²) in [4.78, 5) is 6.43. The van der Waals surface area contributed by atoms with Crippen LogP contribution in [-0.2, 0) is 0 Å². The van der Waals surface area contributed by atoms with Crippen molar-refractivity contribution < 1.29 is 0 Å². The van der Waals surface area contributed by atoms with Crippen LogP contribution in [0.5, 0.6) is 0 Å². The lowest BCUT2D eigenvalue weighted by Gasteiger charge is -2.03. The molecule has 90 valence electrons. The van der Waals surface area contributed by atoms with E-state index in [4.69, 9.17) is 17.3 Å². The number of rotatable bonds is 2. The molecule has 1 aromatic heterocycles. The van der Waals surface area contributed by atoms with Crippen LogP contribution >= 0.6 is 34.7 Å². The van der Waals surface area contributed by atoms with Gasteiger partial charge in [0.25, 0.3) is 0 Å². The molecule has 3 rings (SSSR count). The van der Waals surface area contributed by atoms with Crippen molar-refractivity contribution in [2.75, 3.05) is 5.73 Å². The summed E-state index contributed by atoms with van der Waals surface area (Å²) >= 11 is 9.29. The highest BCUT2D eigenvalue weighted by Gasteiger charge is 2.05. The molecule has 0 saturated heterocycles. The summed E-state index contributed by atoms with van der Waals surface area (Å²) in [6.45, 7) is 0. The fraction of sp³-hybridized carbons (Fsp3) is 0. The maximum atomic E-state index is 6.15. The third-order valence-corrected chi connectivity index (χ3v) is 4.80. The zero-order valence-corrected chi connectivity index (χ0v) is 11.6. The smallest absolute Gasteiger partial charge is 0.181 e. The summed E-state index contributed by atoms with van der Waals surface area (Å²) in [5.74, 6) is 0. The Morgan fingerprint density at radius 2 is 2.00 bits per heavy atom. The van der Waals surface area contributed by atoms with Crippen LogP contribution in [0.2, 0.25) is 5.02 Å². The van der Waals surface area contributed by atoms with E-state index in [9.17, 15) is 0 Å². The van der Waals surface area contributed by atoms with Crippen LogP contribution < -0.4 is 5.73 Å². The van der Waals surface area contributed by atoms with Crippen LogP contribution in [0.25, 0.3) is 10.2 Å². The second-order valence-corrected chi connectivity index (χ2v) is 6.30. The molecule has 3 aromatic rings. The van der Waals surface area contributed by atoms with E-state index in [1.807, 2.05) is 36.4 Å². The summed E-state index contributed by atoms with van der Waals surface area (Å²) in [6.07, 6.45) is 0. The van der Waals surface area contributed by atoms with Crippen LogP contribution in [0.15, 0.2) is 52.3 Å². The minimum Gasteiger partial charge on any atom is -0.375 e. The van der Waals surface area contributed by atoms with Crippen molar-refractivity contribution in [3.05, 3.63) is 47.5 Å². The fourth-order valence-electron chi connectivity index (χ4n) is 1.64. The molecule has 0 bridgehead atoms. The first-order valence-electron chi connectivity index (χ1n) is 5.31. The van der Waals surface area contributed by atoms with Gasteiger partial charge < -0.3 is 5.73 Å². The highest BCUT2D eigenvalue weighted by atomic mass is 35.5. The van der Waals surface area contributed by atoms with E-state index in [0.717, 1.165) is 25.0 Å². The van der Waals surface area contributed by atoms with E-state index >= 15 is 0 Å². The van der Waals surface area contributed by atoms with E-state index in [1.165, 1.54) is 11.3 Å². The van der Waals surface area contributed by atoms with Gasteiger partial charge in [0.1, 0.15) is 0 Å². The van der Waals surface area contributed by atoms with Gasteiger partial charge in [-0.1, -0.05) is 46.8 Å². The number of aromatic nitrogens is 1. The number of nitrogens with zero attached hydrogens (tertiary/aromatic N) is 1. The van der Waals surface area contributed by atoms with Gasteiger partial charge in [-0.15, -0.1) is 0 Å². The van der Waals surface area contributed by atoms with Crippen LogP contribution in [0.3, 0.4) is 0 Å². The van der Waals surface area contributed by atoms with Crippen LogP contribution in [0.4, 0.5) is 5.13 Å². The summed E-state index contributed by atoms with van der Waals surface area (Å²) in [5, 5.41) is 1.37. The molecule has 0 radical (unpaired) electrons. The maximum absolute atomic E-state index is 6.15. The lowest BCUT2D eigenvalue weighted by molar-refractivity contribution is 1.41. The molecule has 0 spiro atoms. The van der Waals surface area contributed by atoms with Crippen molar-refractivity contribution in [1.29, 1.82) is 0 Å². The molecule has 2 nitrogen and oxygen atoms in total. The first-order chi connectivity index (χ1) is 8.72. The molecule has 5 heteroatoms. The third-order valence-electron chi connectivity index (χ3n) is 2.44. The Hall–Kier alpha value is -1.23.